The Balaban J connectivity index is 1.78. The lowest BCUT2D eigenvalue weighted by Gasteiger charge is -2.22. The normalized spacial score (nSPS) is 14.7. The van der Waals surface area contributed by atoms with E-state index in [1.807, 2.05) is 31.2 Å². The molecule has 0 radical (unpaired) electrons. The minimum absolute atomic E-state index is 0.0104. The molecule has 0 aliphatic heterocycles. The Morgan fingerprint density at radius 1 is 1.33 bits per heavy atom. The van der Waals surface area contributed by atoms with E-state index in [9.17, 15) is 9.59 Å². The monoisotopic (exact) mass is 247 g/mol. The highest BCUT2D eigenvalue weighted by Crippen LogP contribution is 2.27. The van der Waals surface area contributed by atoms with E-state index < -0.39 is 0 Å². The molecule has 1 aromatic carbocycles. The van der Waals surface area contributed by atoms with Gasteiger partial charge in [-0.2, -0.15) is 0 Å². The smallest absolute Gasteiger partial charge is 0.309 e. The van der Waals surface area contributed by atoms with Crippen LogP contribution in [0.4, 0.5) is 5.69 Å². The molecule has 4 heteroatoms. The van der Waals surface area contributed by atoms with E-state index in [0.717, 1.165) is 30.5 Å². The van der Waals surface area contributed by atoms with Crippen LogP contribution in [0.1, 0.15) is 24.8 Å². The number of aryl methyl sites for hydroxylation is 1. The molecular weight excluding hydrogens is 230 g/mol. The van der Waals surface area contributed by atoms with Crippen LogP contribution in [0.2, 0.25) is 0 Å². The molecule has 1 saturated carbocycles. The fraction of sp³-hybridized carbons (Fsp3) is 0.429. The van der Waals surface area contributed by atoms with E-state index in [1.165, 1.54) is 0 Å². The molecule has 96 valence electrons. The number of carbonyl (C=O) groups excluding carboxylic acids is 2. The topological polar surface area (TPSA) is 55.4 Å². The summed E-state index contributed by atoms with van der Waals surface area (Å²) in [5, 5.41) is 2.72. The van der Waals surface area contributed by atoms with Crippen molar-refractivity contribution in [2.45, 2.75) is 26.2 Å². The first-order valence-corrected chi connectivity index (χ1v) is 6.19. The molecule has 0 saturated heterocycles. The summed E-state index contributed by atoms with van der Waals surface area (Å²) >= 11 is 0. The van der Waals surface area contributed by atoms with Crippen LogP contribution in [0.3, 0.4) is 0 Å². The third-order valence-electron chi connectivity index (χ3n) is 3.20. The highest BCUT2D eigenvalue weighted by atomic mass is 16.5. The number of para-hydroxylation sites is 1. The minimum atomic E-state index is -0.294. The molecule has 0 bridgehead atoms. The molecule has 18 heavy (non-hydrogen) atoms. The van der Waals surface area contributed by atoms with Crippen molar-refractivity contribution in [2.24, 2.45) is 5.92 Å². The summed E-state index contributed by atoms with van der Waals surface area (Å²) < 4.78 is 4.97. The first-order chi connectivity index (χ1) is 8.66. The Morgan fingerprint density at radius 2 is 2.06 bits per heavy atom. The summed E-state index contributed by atoms with van der Waals surface area (Å²) in [6.45, 7) is 1.71. The standard InChI is InChI=1S/C14H17NO3/c1-10-5-2-3-8-12(10)15-13(16)9-18-14(17)11-6-4-7-11/h2-3,5,8,11H,4,6-7,9H2,1H3,(H,15,16). The molecular formula is C14H17NO3. The number of rotatable bonds is 4. The van der Waals surface area contributed by atoms with Gasteiger partial charge in [0, 0.05) is 5.69 Å². The second kappa shape index (κ2) is 5.67. The van der Waals surface area contributed by atoms with E-state index in [-0.39, 0.29) is 24.4 Å². The van der Waals surface area contributed by atoms with Crippen molar-refractivity contribution in [1.82, 2.24) is 0 Å². The summed E-state index contributed by atoms with van der Waals surface area (Å²) in [6, 6.07) is 7.49. The molecule has 1 N–H and O–H groups in total. The van der Waals surface area contributed by atoms with Crippen LogP contribution < -0.4 is 5.32 Å². The molecule has 2 rings (SSSR count). The summed E-state index contributed by atoms with van der Waals surface area (Å²) in [5.74, 6) is -0.533. The van der Waals surface area contributed by atoms with Gasteiger partial charge < -0.3 is 10.1 Å². The van der Waals surface area contributed by atoms with Crippen LogP contribution in [0.25, 0.3) is 0 Å². The predicted octanol–water partition coefficient (Wildman–Crippen LogP) is 2.28. The second-order valence-electron chi connectivity index (χ2n) is 4.60. The first kappa shape index (κ1) is 12.6. The highest BCUT2D eigenvalue weighted by Gasteiger charge is 2.27. The number of anilines is 1. The molecule has 1 aromatic rings. The van der Waals surface area contributed by atoms with E-state index in [0.29, 0.717) is 0 Å². The van der Waals surface area contributed by atoms with E-state index in [2.05, 4.69) is 5.32 Å². The van der Waals surface area contributed by atoms with Gasteiger partial charge in [-0.1, -0.05) is 24.6 Å². The maximum absolute atomic E-state index is 11.6. The summed E-state index contributed by atoms with van der Waals surface area (Å²) in [4.78, 5) is 23.1. The van der Waals surface area contributed by atoms with Crippen LogP contribution in [-0.2, 0) is 14.3 Å². The van der Waals surface area contributed by atoms with Gasteiger partial charge in [0.15, 0.2) is 6.61 Å². The molecule has 1 aliphatic carbocycles. The summed E-state index contributed by atoms with van der Waals surface area (Å²) in [6.07, 6.45) is 2.85. The Bertz CT molecular complexity index is 452. The van der Waals surface area contributed by atoms with E-state index >= 15 is 0 Å². The van der Waals surface area contributed by atoms with Gasteiger partial charge in [-0.25, -0.2) is 0 Å². The Morgan fingerprint density at radius 3 is 2.67 bits per heavy atom. The number of esters is 1. The maximum atomic E-state index is 11.6. The molecule has 0 heterocycles. The zero-order valence-corrected chi connectivity index (χ0v) is 10.4. The quantitative estimate of drug-likeness (QED) is 0.830. The first-order valence-electron chi connectivity index (χ1n) is 6.19. The average molecular weight is 247 g/mol. The van der Waals surface area contributed by atoms with Crippen molar-refractivity contribution in [2.75, 3.05) is 11.9 Å². The van der Waals surface area contributed by atoms with E-state index in [4.69, 9.17) is 4.74 Å². The number of hydrogen-bond acceptors (Lipinski definition) is 3. The van der Waals surface area contributed by atoms with Crippen LogP contribution in [0.15, 0.2) is 24.3 Å². The van der Waals surface area contributed by atoms with Crippen molar-refractivity contribution in [3.05, 3.63) is 29.8 Å². The number of carbonyl (C=O) groups is 2. The number of amides is 1. The largest absolute Gasteiger partial charge is 0.455 e. The number of benzene rings is 1. The number of nitrogens with one attached hydrogen (secondary N) is 1. The van der Waals surface area contributed by atoms with Gasteiger partial charge in [0.05, 0.1) is 5.92 Å². The Kier molecular flexibility index (Phi) is 3.97. The Hall–Kier alpha value is -1.84. The molecule has 1 fully saturated rings. The molecule has 0 atom stereocenters. The van der Waals surface area contributed by atoms with Gasteiger partial charge in [0.1, 0.15) is 0 Å². The molecule has 0 spiro atoms. The zero-order valence-electron chi connectivity index (χ0n) is 10.4. The van der Waals surface area contributed by atoms with Crippen LogP contribution >= 0.6 is 0 Å². The summed E-state index contributed by atoms with van der Waals surface area (Å²) in [7, 11) is 0. The van der Waals surface area contributed by atoms with Gasteiger partial charge in [-0.15, -0.1) is 0 Å². The minimum Gasteiger partial charge on any atom is -0.455 e. The SMILES string of the molecule is Cc1ccccc1NC(=O)COC(=O)C1CCC1. The van der Waals surface area contributed by atoms with Gasteiger partial charge in [-0.05, 0) is 31.4 Å². The molecule has 0 unspecified atom stereocenters. The van der Waals surface area contributed by atoms with Crippen LogP contribution in [0.5, 0.6) is 0 Å². The predicted molar refractivity (Wildman–Crippen MR) is 68.1 cm³/mol. The lowest BCUT2D eigenvalue weighted by atomic mass is 9.86. The zero-order chi connectivity index (χ0) is 13.0. The number of hydrogen-bond donors (Lipinski definition) is 1. The molecule has 1 amide bonds. The fourth-order valence-corrected chi connectivity index (χ4v) is 1.80. The maximum Gasteiger partial charge on any atom is 0.309 e. The van der Waals surface area contributed by atoms with Crippen molar-refractivity contribution < 1.29 is 14.3 Å². The number of ether oxygens (including phenoxy) is 1. The van der Waals surface area contributed by atoms with Crippen LogP contribution in [-0.4, -0.2) is 18.5 Å². The average Bonchev–Trinajstić information content (AvgIpc) is 2.27. The third kappa shape index (κ3) is 3.09. The molecule has 4 nitrogen and oxygen atoms in total. The van der Waals surface area contributed by atoms with Crippen molar-refractivity contribution in [1.29, 1.82) is 0 Å². The summed E-state index contributed by atoms with van der Waals surface area (Å²) in [5.41, 5.74) is 1.73. The van der Waals surface area contributed by atoms with Crippen molar-refractivity contribution >= 4 is 17.6 Å². The fourth-order valence-electron chi connectivity index (χ4n) is 1.80. The Labute approximate surface area is 106 Å². The lowest BCUT2D eigenvalue weighted by Crippen LogP contribution is -2.28. The van der Waals surface area contributed by atoms with E-state index in [1.54, 1.807) is 0 Å². The molecule has 1 aliphatic rings. The lowest BCUT2D eigenvalue weighted by molar-refractivity contribution is -0.154. The second-order valence-corrected chi connectivity index (χ2v) is 4.60. The van der Waals surface area contributed by atoms with Gasteiger partial charge in [0.2, 0.25) is 0 Å². The van der Waals surface area contributed by atoms with Gasteiger partial charge in [0.25, 0.3) is 5.91 Å². The highest BCUT2D eigenvalue weighted by molar-refractivity contribution is 5.93. The van der Waals surface area contributed by atoms with Gasteiger partial charge in [-0.3, -0.25) is 9.59 Å². The van der Waals surface area contributed by atoms with Gasteiger partial charge >= 0.3 is 5.97 Å². The van der Waals surface area contributed by atoms with Crippen molar-refractivity contribution in [3.63, 3.8) is 0 Å². The third-order valence-corrected chi connectivity index (χ3v) is 3.20. The molecule has 0 aromatic heterocycles. The van der Waals surface area contributed by atoms with Crippen LogP contribution in [0, 0.1) is 12.8 Å². The van der Waals surface area contributed by atoms with Crippen molar-refractivity contribution in [3.8, 4) is 0 Å².